The topological polar surface area (TPSA) is 70.1 Å². The van der Waals surface area contributed by atoms with Gasteiger partial charge in [-0.1, -0.05) is 6.42 Å². The molecule has 1 rings (SSSR count). The molecule has 1 N–H and O–H groups in total. The van der Waals surface area contributed by atoms with E-state index in [-0.39, 0.29) is 12.6 Å². The average Bonchev–Trinajstić information content (AvgIpc) is 2.38. The Labute approximate surface area is 110 Å². The summed E-state index contributed by atoms with van der Waals surface area (Å²) < 4.78 is 32.4. The lowest BCUT2D eigenvalue weighted by atomic mass is 10.1. The molecule has 7 heteroatoms. The van der Waals surface area contributed by atoms with Crippen LogP contribution in [-0.4, -0.2) is 68.6 Å². The molecule has 1 aliphatic rings. The molecule has 1 unspecified atom stereocenters. The number of nitrogens with zero attached hydrogens (tertiary/aromatic N) is 2. The molecule has 1 heterocycles. The van der Waals surface area contributed by atoms with Gasteiger partial charge in [0.05, 0.1) is 6.61 Å². The fourth-order valence-corrected chi connectivity index (χ4v) is 3.81. The summed E-state index contributed by atoms with van der Waals surface area (Å²) in [6.07, 6.45) is 3.25. The summed E-state index contributed by atoms with van der Waals surface area (Å²) in [5.74, 6) is 0. The van der Waals surface area contributed by atoms with Crippen LogP contribution in [0.1, 0.15) is 25.7 Å². The lowest BCUT2D eigenvalue weighted by molar-refractivity contribution is 0.147. The molecule has 1 saturated heterocycles. The summed E-state index contributed by atoms with van der Waals surface area (Å²) in [5, 5.41) is 9.28. The Hall–Kier alpha value is -0.210. The molecule has 0 aromatic carbocycles. The second kappa shape index (κ2) is 7.40. The minimum absolute atomic E-state index is 0.106. The maximum atomic E-state index is 12.3. The molecule has 6 nitrogen and oxygen atoms in total. The summed E-state index contributed by atoms with van der Waals surface area (Å²) in [6, 6.07) is -0.270. The van der Waals surface area contributed by atoms with E-state index in [0.29, 0.717) is 26.1 Å². The second-order valence-electron chi connectivity index (χ2n) is 4.62. The largest absolute Gasteiger partial charge is 0.395 e. The highest BCUT2D eigenvalue weighted by molar-refractivity contribution is 7.86. The van der Waals surface area contributed by atoms with Crippen molar-refractivity contribution in [2.24, 2.45) is 0 Å². The lowest BCUT2D eigenvalue weighted by Crippen LogP contribution is -2.51. The highest BCUT2D eigenvalue weighted by Gasteiger charge is 2.34. The predicted octanol–water partition coefficient (Wildman–Crippen LogP) is 0.0463. The van der Waals surface area contributed by atoms with Crippen molar-refractivity contribution in [3.05, 3.63) is 0 Å². The van der Waals surface area contributed by atoms with Crippen LogP contribution in [-0.2, 0) is 14.9 Å². The van der Waals surface area contributed by atoms with Gasteiger partial charge in [-0.3, -0.25) is 0 Å². The first-order chi connectivity index (χ1) is 8.54. The van der Waals surface area contributed by atoms with Gasteiger partial charge in [0, 0.05) is 39.9 Å². The third-order valence-electron chi connectivity index (χ3n) is 3.30. The van der Waals surface area contributed by atoms with Crippen LogP contribution in [0.2, 0.25) is 0 Å². The molecular weight excluding hydrogens is 256 g/mol. The van der Waals surface area contributed by atoms with Gasteiger partial charge in [0.15, 0.2) is 0 Å². The number of piperidine rings is 1. The molecule has 0 radical (unpaired) electrons. The normalized spacial score (nSPS) is 22.6. The zero-order valence-corrected chi connectivity index (χ0v) is 12.0. The number of aliphatic hydroxyl groups is 1. The van der Waals surface area contributed by atoms with E-state index < -0.39 is 10.2 Å². The maximum absolute atomic E-state index is 12.3. The van der Waals surface area contributed by atoms with Gasteiger partial charge < -0.3 is 9.84 Å². The lowest BCUT2D eigenvalue weighted by Gasteiger charge is -2.36. The van der Waals surface area contributed by atoms with Crippen LogP contribution in [0.4, 0.5) is 0 Å². The molecule has 0 spiro atoms. The van der Waals surface area contributed by atoms with Gasteiger partial charge in [0.25, 0.3) is 10.2 Å². The van der Waals surface area contributed by atoms with Gasteiger partial charge in [-0.25, -0.2) is 0 Å². The predicted molar refractivity (Wildman–Crippen MR) is 69.5 cm³/mol. The number of hydrogen-bond donors (Lipinski definition) is 1. The molecule has 18 heavy (non-hydrogen) atoms. The van der Waals surface area contributed by atoms with E-state index in [1.165, 1.54) is 8.61 Å². The Kier molecular flexibility index (Phi) is 6.51. The van der Waals surface area contributed by atoms with Gasteiger partial charge >= 0.3 is 0 Å². The average molecular weight is 280 g/mol. The van der Waals surface area contributed by atoms with Crippen LogP contribution in [0.3, 0.4) is 0 Å². The van der Waals surface area contributed by atoms with E-state index >= 15 is 0 Å². The van der Waals surface area contributed by atoms with E-state index in [1.54, 1.807) is 14.2 Å². The van der Waals surface area contributed by atoms with Crippen molar-refractivity contribution in [2.75, 3.05) is 40.5 Å². The Morgan fingerprint density at radius 1 is 1.44 bits per heavy atom. The van der Waals surface area contributed by atoms with Gasteiger partial charge in [0.1, 0.15) is 0 Å². The zero-order valence-electron chi connectivity index (χ0n) is 11.2. The van der Waals surface area contributed by atoms with Crippen LogP contribution < -0.4 is 0 Å². The number of hydrogen-bond acceptors (Lipinski definition) is 4. The number of rotatable bonds is 7. The summed E-state index contributed by atoms with van der Waals surface area (Å²) in [5.41, 5.74) is 0. The van der Waals surface area contributed by atoms with Gasteiger partial charge in [-0.05, 0) is 19.3 Å². The first-order valence-electron chi connectivity index (χ1n) is 6.37. The molecule has 0 bridgehead atoms. The van der Waals surface area contributed by atoms with Crippen LogP contribution in [0.5, 0.6) is 0 Å². The number of ether oxygens (including phenoxy) is 1. The van der Waals surface area contributed by atoms with Gasteiger partial charge in [-0.2, -0.15) is 17.0 Å². The monoisotopic (exact) mass is 280 g/mol. The maximum Gasteiger partial charge on any atom is 0.282 e. The molecule has 0 aromatic heterocycles. The van der Waals surface area contributed by atoms with Crippen LogP contribution in [0.15, 0.2) is 0 Å². The van der Waals surface area contributed by atoms with Crippen LogP contribution in [0, 0.1) is 0 Å². The van der Waals surface area contributed by atoms with Crippen molar-refractivity contribution in [3.8, 4) is 0 Å². The Bertz CT molecular complexity index is 334. The second-order valence-corrected chi connectivity index (χ2v) is 6.61. The van der Waals surface area contributed by atoms with Crippen molar-refractivity contribution < 1.29 is 18.3 Å². The van der Waals surface area contributed by atoms with Crippen molar-refractivity contribution in [1.82, 2.24) is 8.61 Å². The van der Waals surface area contributed by atoms with Gasteiger partial charge in [-0.15, -0.1) is 0 Å². The smallest absolute Gasteiger partial charge is 0.282 e. The fraction of sp³-hybridized carbons (Fsp3) is 1.00. The summed E-state index contributed by atoms with van der Waals surface area (Å²) in [4.78, 5) is 0. The minimum Gasteiger partial charge on any atom is -0.395 e. The summed E-state index contributed by atoms with van der Waals surface area (Å²) in [6.45, 7) is 1.38. The van der Waals surface area contributed by atoms with E-state index in [9.17, 15) is 13.5 Å². The molecule has 1 aliphatic heterocycles. The Morgan fingerprint density at radius 2 is 2.17 bits per heavy atom. The third-order valence-corrected chi connectivity index (χ3v) is 5.34. The van der Waals surface area contributed by atoms with E-state index in [0.717, 1.165) is 19.3 Å². The highest BCUT2D eigenvalue weighted by atomic mass is 32.2. The Balaban J connectivity index is 2.65. The van der Waals surface area contributed by atoms with E-state index in [4.69, 9.17) is 4.74 Å². The number of methoxy groups -OCH3 is 1. The molecule has 1 fully saturated rings. The summed E-state index contributed by atoms with van der Waals surface area (Å²) >= 11 is 0. The van der Waals surface area contributed by atoms with Crippen LogP contribution >= 0.6 is 0 Å². The molecule has 0 amide bonds. The standard InChI is InChI=1S/C11H24N2O4S/c1-12(7-5-9-17-2)18(15,16)13-8-4-3-6-11(13)10-14/h11,14H,3-10H2,1-2H3. The quantitative estimate of drug-likeness (QED) is 0.669. The molecule has 0 aromatic rings. The molecular formula is C11H24N2O4S. The van der Waals surface area contributed by atoms with E-state index in [2.05, 4.69) is 0 Å². The van der Waals surface area contributed by atoms with E-state index in [1.807, 2.05) is 0 Å². The molecule has 0 aliphatic carbocycles. The SMILES string of the molecule is COCCCN(C)S(=O)(=O)N1CCCCC1CO. The fourth-order valence-electron chi connectivity index (χ4n) is 2.19. The molecule has 0 saturated carbocycles. The van der Waals surface area contributed by atoms with Crippen molar-refractivity contribution in [2.45, 2.75) is 31.7 Å². The first kappa shape index (κ1) is 15.8. The summed E-state index contributed by atoms with van der Waals surface area (Å²) in [7, 11) is -0.277. The number of aliphatic hydroxyl groups excluding tert-OH is 1. The van der Waals surface area contributed by atoms with Crippen molar-refractivity contribution in [3.63, 3.8) is 0 Å². The van der Waals surface area contributed by atoms with Gasteiger partial charge in [0.2, 0.25) is 0 Å². The third kappa shape index (κ3) is 3.89. The van der Waals surface area contributed by atoms with Crippen molar-refractivity contribution >= 4 is 10.2 Å². The Morgan fingerprint density at radius 3 is 2.78 bits per heavy atom. The highest BCUT2D eigenvalue weighted by Crippen LogP contribution is 2.21. The zero-order chi connectivity index (χ0) is 13.6. The van der Waals surface area contributed by atoms with Crippen molar-refractivity contribution in [1.29, 1.82) is 0 Å². The first-order valence-corrected chi connectivity index (χ1v) is 7.76. The van der Waals surface area contributed by atoms with Crippen LogP contribution in [0.25, 0.3) is 0 Å². The minimum atomic E-state index is -3.45. The molecule has 1 atom stereocenters. The molecule has 108 valence electrons.